The highest BCUT2D eigenvalue weighted by atomic mass is 79.9. The van der Waals surface area contributed by atoms with Gasteiger partial charge in [-0.15, -0.1) is 0 Å². The molecular weight excluding hydrogens is 357 g/mol. The molecule has 0 aliphatic rings. The van der Waals surface area contributed by atoms with Crippen molar-refractivity contribution in [2.75, 3.05) is 6.26 Å². The topological polar surface area (TPSA) is 60.2 Å². The summed E-state index contributed by atoms with van der Waals surface area (Å²) in [5.74, 6) is -0.334. The molecule has 112 valence electrons. The van der Waals surface area contributed by atoms with Crippen LogP contribution in [0, 0.1) is 5.82 Å². The van der Waals surface area contributed by atoms with E-state index in [-0.39, 0.29) is 10.7 Å². The predicted octanol–water partition coefficient (Wildman–Crippen LogP) is 3.23. The summed E-state index contributed by atoms with van der Waals surface area (Å²) in [6.45, 7) is 0. The summed E-state index contributed by atoms with van der Waals surface area (Å²) in [5, 5.41) is 0. The Morgan fingerprint density at radius 1 is 1.24 bits per heavy atom. The number of hydrogen-bond acceptors (Lipinski definition) is 3. The van der Waals surface area contributed by atoms with Crippen molar-refractivity contribution >= 4 is 25.8 Å². The van der Waals surface area contributed by atoms with Crippen LogP contribution in [0.5, 0.6) is 0 Å². The Labute approximate surface area is 132 Å². The SMILES string of the molecule is CS(=O)(=O)c1cccc(C(N)Cc2ccc(Br)cc2F)c1. The lowest BCUT2D eigenvalue weighted by molar-refractivity contribution is 0.591. The third-order valence-corrected chi connectivity index (χ3v) is 4.77. The molecule has 0 bridgehead atoms. The van der Waals surface area contributed by atoms with Gasteiger partial charge in [0.25, 0.3) is 0 Å². The van der Waals surface area contributed by atoms with Crippen molar-refractivity contribution in [1.82, 2.24) is 0 Å². The molecule has 1 unspecified atom stereocenters. The van der Waals surface area contributed by atoms with E-state index in [2.05, 4.69) is 15.9 Å². The van der Waals surface area contributed by atoms with Gasteiger partial charge in [-0.3, -0.25) is 0 Å². The summed E-state index contributed by atoms with van der Waals surface area (Å²) < 4.78 is 37.6. The molecule has 6 heteroatoms. The molecule has 0 aromatic heterocycles. The van der Waals surface area contributed by atoms with Crippen molar-refractivity contribution in [1.29, 1.82) is 0 Å². The van der Waals surface area contributed by atoms with Crippen LogP contribution in [-0.4, -0.2) is 14.7 Å². The van der Waals surface area contributed by atoms with Gasteiger partial charge in [0, 0.05) is 16.8 Å². The summed E-state index contributed by atoms with van der Waals surface area (Å²) in [7, 11) is -3.28. The van der Waals surface area contributed by atoms with Crippen LogP contribution in [0.3, 0.4) is 0 Å². The smallest absolute Gasteiger partial charge is 0.175 e. The zero-order valence-electron chi connectivity index (χ0n) is 11.4. The zero-order chi connectivity index (χ0) is 15.6. The largest absolute Gasteiger partial charge is 0.324 e. The first-order valence-corrected chi connectivity index (χ1v) is 8.95. The maximum Gasteiger partial charge on any atom is 0.175 e. The first kappa shape index (κ1) is 16.1. The third-order valence-electron chi connectivity index (χ3n) is 3.17. The molecule has 2 aromatic rings. The number of nitrogens with two attached hydrogens (primary N) is 1. The molecule has 2 rings (SSSR count). The number of benzene rings is 2. The lowest BCUT2D eigenvalue weighted by atomic mass is 9.99. The lowest BCUT2D eigenvalue weighted by Crippen LogP contribution is -2.14. The molecule has 0 aliphatic heterocycles. The molecule has 0 amide bonds. The Balaban J connectivity index is 2.26. The lowest BCUT2D eigenvalue weighted by Gasteiger charge is -2.14. The van der Waals surface area contributed by atoms with Crippen LogP contribution in [-0.2, 0) is 16.3 Å². The molecule has 2 aromatic carbocycles. The van der Waals surface area contributed by atoms with Crippen LogP contribution in [0.4, 0.5) is 4.39 Å². The van der Waals surface area contributed by atoms with Crippen molar-refractivity contribution in [3.05, 3.63) is 63.9 Å². The molecule has 1 atom stereocenters. The normalized spacial score (nSPS) is 13.1. The predicted molar refractivity (Wildman–Crippen MR) is 84.3 cm³/mol. The summed E-state index contributed by atoms with van der Waals surface area (Å²) in [5.41, 5.74) is 7.24. The average molecular weight is 372 g/mol. The van der Waals surface area contributed by atoms with E-state index in [0.29, 0.717) is 22.0 Å². The molecule has 2 N–H and O–H groups in total. The van der Waals surface area contributed by atoms with Gasteiger partial charge in [0.2, 0.25) is 0 Å². The first-order valence-electron chi connectivity index (χ1n) is 6.27. The molecule has 0 aliphatic carbocycles. The van der Waals surface area contributed by atoms with Crippen molar-refractivity contribution in [2.24, 2.45) is 5.73 Å². The van der Waals surface area contributed by atoms with Crippen molar-refractivity contribution < 1.29 is 12.8 Å². The molecular formula is C15H15BrFNO2S. The van der Waals surface area contributed by atoms with Crippen LogP contribution in [0.25, 0.3) is 0 Å². The third kappa shape index (κ3) is 4.12. The van der Waals surface area contributed by atoms with E-state index in [0.717, 1.165) is 6.26 Å². The fraction of sp³-hybridized carbons (Fsp3) is 0.200. The number of hydrogen-bond donors (Lipinski definition) is 1. The van der Waals surface area contributed by atoms with E-state index in [1.165, 1.54) is 18.2 Å². The molecule has 0 saturated carbocycles. The van der Waals surface area contributed by atoms with Crippen molar-refractivity contribution in [2.45, 2.75) is 17.4 Å². The second-order valence-corrected chi connectivity index (χ2v) is 7.82. The van der Waals surface area contributed by atoms with Crippen LogP contribution in [0.1, 0.15) is 17.2 Å². The quantitative estimate of drug-likeness (QED) is 0.897. The van der Waals surface area contributed by atoms with Gasteiger partial charge in [-0.2, -0.15) is 0 Å². The monoisotopic (exact) mass is 371 g/mol. The zero-order valence-corrected chi connectivity index (χ0v) is 13.8. The van der Waals surface area contributed by atoms with Crippen LogP contribution >= 0.6 is 15.9 Å². The second-order valence-electron chi connectivity index (χ2n) is 4.89. The van der Waals surface area contributed by atoms with Gasteiger partial charge in [0.05, 0.1) is 4.90 Å². The number of halogens is 2. The van der Waals surface area contributed by atoms with Gasteiger partial charge in [0.1, 0.15) is 5.82 Å². The fourth-order valence-electron chi connectivity index (χ4n) is 2.02. The van der Waals surface area contributed by atoms with Crippen LogP contribution in [0.2, 0.25) is 0 Å². The highest BCUT2D eigenvalue weighted by Crippen LogP contribution is 2.22. The molecule has 21 heavy (non-hydrogen) atoms. The van der Waals surface area contributed by atoms with E-state index in [4.69, 9.17) is 5.73 Å². The van der Waals surface area contributed by atoms with Crippen LogP contribution < -0.4 is 5.73 Å². The van der Waals surface area contributed by atoms with Gasteiger partial charge in [-0.1, -0.05) is 34.1 Å². The van der Waals surface area contributed by atoms with Gasteiger partial charge < -0.3 is 5.73 Å². The van der Waals surface area contributed by atoms with Crippen LogP contribution in [0.15, 0.2) is 51.8 Å². The summed E-state index contributed by atoms with van der Waals surface area (Å²) in [4.78, 5) is 0.215. The van der Waals surface area contributed by atoms with Gasteiger partial charge >= 0.3 is 0 Å². The van der Waals surface area contributed by atoms with E-state index < -0.39 is 15.9 Å². The minimum atomic E-state index is -3.28. The standard InChI is InChI=1S/C15H15BrFNO2S/c1-21(19,20)13-4-2-3-11(7-13)15(18)8-10-5-6-12(16)9-14(10)17/h2-7,9,15H,8,18H2,1H3. The fourth-order valence-corrected chi connectivity index (χ4v) is 3.03. The molecule has 0 fully saturated rings. The van der Waals surface area contributed by atoms with Gasteiger partial charge in [-0.05, 0) is 41.8 Å². The Morgan fingerprint density at radius 2 is 1.95 bits per heavy atom. The average Bonchev–Trinajstić information content (AvgIpc) is 2.41. The Hall–Kier alpha value is -1.24. The van der Waals surface area contributed by atoms with Crippen molar-refractivity contribution in [3.8, 4) is 0 Å². The second kappa shape index (κ2) is 6.25. The van der Waals surface area contributed by atoms with E-state index in [1.54, 1.807) is 24.3 Å². The minimum Gasteiger partial charge on any atom is -0.324 e. The Morgan fingerprint density at radius 3 is 2.57 bits per heavy atom. The first-order chi connectivity index (χ1) is 9.77. The molecule has 0 saturated heterocycles. The summed E-state index contributed by atoms with van der Waals surface area (Å²) >= 11 is 3.20. The number of rotatable bonds is 4. The summed E-state index contributed by atoms with van der Waals surface area (Å²) in [6, 6.07) is 10.8. The Kier molecular flexibility index (Phi) is 4.81. The van der Waals surface area contributed by atoms with E-state index in [9.17, 15) is 12.8 Å². The molecule has 0 heterocycles. The molecule has 0 spiro atoms. The van der Waals surface area contributed by atoms with E-state index in [1.807, 2.05) is 0 Å². The maximum atomic E-state index is 13.8. The minimum absolute atomic E-state index is 0.215. The Bertz CT molecular complexity index is 762. The van der Waals surface area contributed by atoms with Crippen molar-refractivity contribution in [3.63, 3.8) is 0 Å². The molecule has 3 nitrogen and oxygen atoms in total. The van der Waals surface area contributed by atoms with Gasteiger partial charge in [-0.25, -0.2) is 12.8 Å². The highest BCUT2D eigenvalue weighted by molar-refractivity contribution is 9.10. The maximum absolute atomic E-state index is 13.8. The number of sulfone groups is 1. The summed E-state index contributed by atoms with van der Waals surface area (Å²) in [6.07, 6.45) is 1.44. The van der Waals surface area contributed by atoms with E-state index >= 15 is 0 Å². The highest BCUT2D eigenvalue weighted by Gasteiger charge is 2.14. The van der Waals surface area contributed by atoms with Gasteiger partial charge in [0.15, 0.2) is 9.84 Å². The molecule has 0 radical (unpaired) electrons.